The lowest BCUT2D eigenvalue weighted by atomic mass is 10.2. The second-order valence-electron chi connectivity index (χ2n) is 2.30. The molecule has 1 rings (SSSR count). The summed E-state index contributed by atoms with van der Waals surface area (Å²) < 4.78 is 2.69. The number of rotatable bonds is 0. The maximum atomic E-state index is 2.77. The van der Waals surface area contributed by atoms with E-state index in [2.05, 4.69) is 76.7 Å². The van der Waals surface area contributed by atoms with Crippen LogP contribution in [0, 0.1) is 14.1 Å². The predicted molar refractivity (Wildman–Crippen MR) is 75.3 cm³/mol. The van der Waals surface area contributed by atoms with Crippen LogP contribution in [-0.2, 0) is 0 Å². The van der Waals surface area contributed by atoms with Gasteiger partial charge in [0.05, 0.1) is 0 Å². The van der Waals surface area contributed by atoms with Crippen molar-refractivity contribution in [2.24, 2.45) is 0 Å². The normalized spacial score (nSPS) is 10.3. The van der Waals surface area contributed by atoms with Gasteiger partial charge in [0.15, 0.2) is 0 Å². The van der Waals surface area contributed by atoms with Crippen molar-refractivity contribution in [3.63, 3.8) is 0 Å². The molecule has 0 heterocycles. The van der Waals surface area contributed by atoms with Crippen LogP contribution in [0.3, 0.4) is 0 Å². The summed E-state index contributed by atoms with van der Waals surface area (Å²) in [5, 5.41) is 2.58. The quantitative estimate of drug-likeness (QED) is 0.457. The van der Waals surface area contributed by atoms with Crippen LogP contribution in [0.1, 0.15) is 5.56 Å². The summed E-state index contributed by atoms with van der Waals surface area (Å²) in [6.45, 7) is 2.15. The first-order valence-electron chi connectivity index (χ1n) is 3.03. The van der Waals surface area contributed by atoms with Crippen molar-refractivity contribution < 1.29 is 0 Å². The molecule has 0 bridgehead atoms. The third-order valence-corrected chi connectivity index (χ3v) is 6.39. The van der Waals surface area contributed by atoms with E-state index >= 15 is 0 Å². The summed E-state index contributed by atoms with van der Waals surface area (Å²) in [6, 6.07) is 2.18. The molecule has 2 atom stereocenters. The van der Waals surface area contributed by atoms with E-state index in [9.17, 15) is 0 Å². The average molecular weight is 408 g/mol. The Balaban J connectivity index is 3.46. The third kappa shape index (κ3) is 2.26. The molecule has 60 valence electrons. The second kappa shape index (κ2) is 4.17. The number of hydrogen-bond acceptors (Lipinski definition) is 0. The van der Waals surface area contributed by atoms with Gasteiger partial charge in [-0.05, 0) is 74.3 Å². The molecular formula is C7H8I2P2. The SMILES string of the molecule is Cc1c(P)c(P)cc(I)c1I. The molecular weight excluding hydrogens is 400 g/mol. The Morgan fingerprint density at radius 2 is 1.82 bits per heavy atom. The maximum absolute atomic E-state index is 2.77. The Bertz CT molecular complexity index is 271. The highest BCUT2D eigenvalue weighted by atomic mass is 127. The van der Waals surface area contributed by atoms with Crippen LogP contribution in [0.4, 0.5) is 0 Å². The van der Waals surface area contributed by atoms with Crippen LogP contribution in [-0.4, -0.2) is 0 Å². The predicted octanol–water partition coefficient (Wildman–Crippen LogP) is 2.21. The van der Waals surface area contributed by atoms with E-state index in [0.717, 1.165) is 0 Å². The summed E-state index contributed by atoms with van der Waals surface area (Å²) >= 11 is 4.74. The van der Waals surface area contributed by atoms with Crippen LogP contribution in [0.5, 0.6) is 0 Å². The minimum Gasteiger partial charge on any atom is -0.105 e. The zero-order valence-corrected chi connectivity index (χ0v) is 12.6. The number of benzene rings is 1. The molecule has 0 radical (unpaired) electrons. The standard InChI is InChI=1S/C7H8I2P2/c1-3-6(9)4(8)2-5(10)7(3)11/h2H,10-11H2,1H3. The molecule has 0 saturated carbocycles. The Morgan fingerprint density at radius 1 is 1.27 bits per heavy atom. The van der Waals surface area contributed by atoms with Crippen molar-refractivity contribution in [3.05, 3.63) is 18.8 Å². The number of halogens is 2. The van der Waals surface area contributed by atoms with Gasteiger partial charge >= 0.3 is 0 Å². The highest BCUT2D eigenvalue weighted by molar-refractivity contribution is 14.1. The zero-order valence-electron chi connectivity index (χ0n) is 5.99. The molecule has 0 nitrogen and oxygen atoms in total. The smallest absolute Gasteiger partial charge is 0.0299 e. The van der Waals surface area contributed by atoms with E-state index in [-0.39, 0.29) is 0 Å². The van der Waals surface area contributed by atoms with E-state index < -0.39 is 0 Å². The fourth-order valence-corrected chi connectivity index (χ4v) is 3.22. The summed E-state index contributed by atoms with van der Waals surface area (Å²) in [5.41, 5.74) is 1.37. The summed E-state index contributed by atoms with van der Waals surface area (Å²) in [7, 11) is 5.52. The first-order valence-corrected chi connectivity index (χ1v) is 6.34. The largest absolute Gasteiger partial charge is 0.105 e. The molecule has 0 aliphatic rings. The molecule has 1 aromatic rings. The van der Waals surface area contributed by atoms with Crippen LogP contribution in [0.2, 0.25) is 0 Å². The summed E-state index contributed by atoms with van der Waals surface area (Å²) in [4.78, 5) is 0. The van der Waals surface area contributed by atoms with Gasteiger partial charge in [0.1, 0.15) is 0 Å². The number of hydrogen-bond donors (Lipinski definition) is 0. The van der Waals surface area contributed by atoms with Crippen LogP contribution in [0.15, 0.2) is 6.07 Å². The molecule has 1 aromatic carbocycles. The fraction of sp³-hybridized carbons (Fsp3) is 0.143. The third-order valence-electron chi connectivity index (χ3n) is 1.54. The van der Waals surface area contributed by atoms with Crippen molar-refractivity contribution in [3.8, 4) is 0 Å². The fourth-order valence-electron chi connectivity index (χ4n) is 0.792. The topological polar surface area (TPSA) is 0 Å². The Morgan fingerprint density at radius 3 is 2.36 bits per heavy atom. The monoisotopic (exact) mass is 408 g/mol. The van der Waals surface area contributed by atoms with E-state index in [0.29, 0.717) is 0 Å². The molecule has 0 aliphatic heterocycles. The van der Waals surface area contributed by atoms with Gasteiger partial charge in [-0.2, -0.15) is 0 Å². The lowest BCUT2D eigenvalue weighted by Crippen LogP contribution is -2.16. The van der Waals surface area contributed by atoms with E-state index in [1.54, 1.807) is 0 Å². The van der Waals surface area contributed by atoms with Gasteiger partial charge in [0, 0.05) is 7.14 Å². The van der Waals surface area contributed by atoms with E-state index in [4.69, 9.17) is 0 Å². The van der Waals surface area contributed by atoms with Crippen molar-refractivity contribution in [1.29, 1.82) is 0 Å². The van der Waals surface area contributed by atoms with Gasteiger partial charge in [-0.1, -0.05) is 0 Å². The van der Waals surface area contributed by atoms with Crippen molar-refractivity contribution >= 4 is 74.3 Å². The molecule has 2 unspecified atom stereocenters. The Kier molecular flexibility index (Phi) is 4.02. The first-order chi connectivity index (χ1) is 5.04. The van der Waals surface area contributed by atoms with Crippen molar-refractivity contribution in [2.75, 3.05) is 0 Å². The van der Waals surface area contributed by atoms with E-state index in [1.807, 2.05) is 0 Å². The highest BCUT2D eigenvalue weighted by Crippen LogP contribution is 2.18. The summed E-state index contributed by atoms with van der Waals surface area (Å²) in [6.07, 6.45) is 0. The maximum Gasteiger partial charge on any atom is 0.0299 e. The lowest BCUT2D eigenvalue weighted by molar-refractivity contribution is 1.46. The Labute approximate surface area is 99.0 Å². The van der Waals surface area contributed by atoms with Gasteiger partial charge in [-0.25, -0.2) is 0 Å². The second-order valence-corrected chi connectivity index (χ2v) is 5.74. The zero-order chi connectivity index (χ0) is 8.59. The molecule has 11 heavy (non-hydrogen) atoms. The highest BCUT2D eigenvalue weighted by Gasteiger charge is 2.05. The summed E-state index contributed by atoms with van der Waals surface area (Å²) in [5.74, 6) is 0. The van der Waals surface area contributed by atoms with Crippen LogP contribution in [0.25, 0.3) is 0 Å². The molecule has 4 heteroatoms. The van der Waals surface area contributed by atoms with Gasteiger partial charge in [0.2, 0.25) is 0 Å². The van der Waals surface area contributed by atoms with Gasteiger partial charge < -0.3 is 0 Å². The molecule has 0 fully saturated rings. The minimum atomic E-state index is 1.28. The average Bonchev–Trinajstić information content (AvgIpc) is 1.97. The minimum absolute atomic E-state index is 1.28. The molecule has 0 aliphatic carbocycles. The molecule has 0 aromatic heterocycles. The molecule has 0 saturated heterocycles. The van der Waals surface area contributed by atoms with Crippen LogP contribution >= 0.6 is 63.7 Å². The molecule has 0 amide bonds. The molecule has 0 spiro atoms. The van der Waals surface area contributed by atoms with Gasteiger partial charge in [-0.15, -0.1) is 18.5 Å². The van der Waals surface area contributed by atoms with Crippen LogP contribution < -0.4 is 10.6 Å². The molecule has 0 N–H and O–H groups in total. The lowest BCUT2D eigenvalue weighted by Gasteiger charge is -2.07. The van der Waals surface area contributed by atoms with Crippen molar-refractivity contribution in [2.45, 2.75) is 6.92 Å². The van der Waals surface area contributed by atoms with Gasteiger partial charge in [0.25, 0.3) is 0 Å². The van der Waals surface area contributed by atoms with E-state index in [1.165, 1.54) is 23.3 Å². The Hall–Kier alpha value is 1.54. The van der Waals surface area contributed by atoms with Gasteiger partial charge in [-0.3, -0.25) is 0 Å². The van der Waals surface area contributed by atoms with Crippen molar-refractivity contribution in [1.82, 2.24) is 0 Å². The first kappa shape index (κ1) is 10.6.